The minimum atomic E-state index is -1.06. The van der Waals surface area contributed by atoms with Crippen LogP contribution in [0.1, 0.15) is 45.7 Å². The van der Waals surface area contributed by atoms with E-state index in [0.717, 1.165) is 18.4 Å². The zero-order valence-electron chi connectivity index (χ0n) is 13.4. The highest BCUT2D eigenvalue weighted by atomic mass is 16.4. The number of aromatic carboxylic acids is 1. The number of carboxylic acids is 1. The van der Waals surface area contributed by atoms with Gasteiger partial charge in [0.25, 0.3) is 5.91 Å². The molecule has 24 heavy (non-hydrogen) atoms. The van der Waals surface area contributed by atoms with Gasteiger partial charge in [-0.05, 0) is 36.5 Å². The molecule has 1 aliphatic carbocycles. The maximum absolute atomic E-state index is 12.9. The van der Waals surface area contributed by atoms with Crippen LogP contribution in [0.15, 0.2) is 48.7 Å². The van der Waals surface area contributed by atoms with Gasteiger partial charge in [-0.2, -0.15) is 0 Å². The van der Waals surface area contributed by atoms with E-state index in [1.807, 2.05) is 30.3 Å². The van der Waals surface area contributed by atoms with Crippen molar-refractivity contribution in [3.05, 3.63) is 65.5 Å². The first-order chi connectivity index (χ1) is 11.6. The van der Waals surface area contributed by atoms with Crippen LogP contribution in [0.3, 0.4) is 0 Å². The first-order valence-electron chi connectivity index (χ1n) is 8.16. The molecule has 1 aliphatic rings. The van der Waals surface area contributed by atoms with Gasteiger partial charge in [-0.15, -0.1) is 0 Å². The number of hydrogen-bond acceptors (Lipinski definition) is 3. The van der Waals surface area contributed by atoms with Gasteiger partial charge in [-0.1, -0.05) is 36.8 Å². The Morgan fingerprint density at radius 3 is 2.54 bits per heavy atom. The summed E-state index contributed by atoms with van der Waals surface area (Å²) in [5, 5.41) is 9.10. The van der Waals surface area contributed by atoms with Gasteiger partial charge in [-0.25, -0.2) is 4.79 Å². The smallest absolute Gasteiger partial charge is 0.335 e. The average Bonchev–Trinajstić information content (AvgIpc) is 2.57. The predicted molar refractivity (Wildman–Crippen MR) is 89.7 cm³/mol. The maximum Gasteiger partial charge on any atom is 0.335 e. The van der Waals surface area contributed by atoms with Gasteiger partial charge in [0, 0.05) is 19.3 Å². The van der Waals surface area contributed by atoms with Crippen LogP contribution < -0.4 is 0 Å². The van der Waals surface area contributed by atoms with Crippen molar-refractivity contribution in [2.75, 3.05) is 6.54 Å². The fourth-order valence-electron chi connectivity index (χ4n) is 2.85. The molecule has 1 amide bonds. The first-order valence-corrected chi connectivity index (χ1v) is 8.16. The molecule has 0 unspecified atom stereocenters. The summed E-state index contributed by atoms with van der Waals surface area (Å²) < 4.78 is 0. The maximum atomic E-state index is 12.9. The van der Waals surface area contributed by atoms with E-state index in [0.29, 0.717) is 19.0 Å². The van der Waals surface area contributed by atoms with Crippen molar-refractivity contribution >= 4 is 11.9 Å². The van der Waals surface area contributed by atoms with Gasteiger partial charge >= 0.3 is 5.97 Å². The van der Waals surface area contributed by atoms with Crippen LogP contribution >= 0.6 is 0 Å². The summed E-state index contributed by atoms with van der Waals surface area (Å²) in [6.07, 6.45) is 4.87. The summed E-state index contributed by atoms with van der Waals surface area (Å²) in [4.78, 5) is 29.9. The van der Waals surface area contributed by atoms with Crippen molar-refractivity contribution in [3.8, 4) is 0 Å². The van der Waals surface area contributed by atoms with Crippen LogP contribution in [0.2, 0.25) is 0 Å². The molecule has 1 aromatic carbocycles. The summed E-state index contributed by atoms with van der Waals surface area (Å²) in [5.74, 6) is -0.741. The number of amides is 1. The second-order valence-corrected chi connectivity index (χ2v) is 6.20. The van der Waals surface area contributed by atoms with E-state index >= 15 is 0 Å². The number of aromatic nitrogens is 1. The molecule has 1 fully saturated rings. The lowest BCUT2D eigenvalue weighted by Gasteiger charge is -2.32. The summed E-state index contributed by atoms with van der Waals surface area (Å²) >= 11 is 0. The minimum Gasteiger partial charge on any atom is -0.478 e. The number of rotatable bonds is 6. The van der Waals surface area contributed by atoms with Crippen LogP contribution in [0.25, 0.3) is 0 Å². The monoisotopic (exact) mass is 324 g/mol. The normalized spacial score (nSPS) is 14.0. The van der Waals surface area contributed by atoms with E-state index in [-0.39, 0.29) is 17.2 Å². The van der Waals surface area contributed by atoms with E-state index in [2.05, 4.69) is 4.98 Å². The average molecular weight is 324 g/mol. The first kappa shape index (κ1) is 16.2. The van der Waals surface area contributed by atoms with Crippen molar-refractivity contribution in [2.24, 2.45) is 5.92 Å². The fraction of sp³-hybridized carbons (Fsp3) is 0.316. The Bertz CT molecular complexity index is 726. The second kappa shape index (κ2) is 7.25. The van der Waals surface area contributed by atoms with Gasteiger partial charge < -0.3 is 10.0 Å². The van der Waals surface area contributed by atoms with Crippen LogP contribution in [0.5, 0.6) is 0 Å². The summed E-state index contributed by atoms with van der Waals surface area (Å²) in [6, 6.07) is 12.6. The number of carboxylic acid groups (broad SMARTS) is 1. The Morgan fingerprint density at radius 1 is 1.17 bits per heavy atom. The van der Waals surface area contributed by atoms with E-state index in [4.69, 9.17) is 5.11 Å². The lowest BCUT2D eigenvalue weighted by molar-refractivity contribution is 0.0673. The predicted octanol–water partition coefficient (Wildman–Crippen LogP) is 3.22. The van der Waals surface area contributed by atoms with Gasteiger partial charge in [0.15, 0.2) is 0 Å². The molecule has 5 nitrogen and oxygen atoms in total. The van der Waals surface area contributed by atoms with Crippen molar-refractivity contribution < 1.29 is 14.7 Å². The molecule has 5 heteroatoms. The van der Waals surface area contributed by atoms with Crippen LogP contribution in [-0.2, 0) is 6.54 Å². The van der Waals surface area contributed by atoms with Gasteiger partial charge in [0.1, 0.15) is 5.69 Å². The zero-order valence-corrected chi connectivity index (χ0v) is 13.4. The van der Waals surface area contributed by atoms with Crippen molar-refractivity contribution in [1.82, 2.24) is 9.88 Å². The lowest BCUT2D eigenvalue weighted by Crippen LogP contribution is -2.37. The summed E-state index contributed by atoms with van der Waals surface area (Å²) in [5.41, 5.74) is 1.32. The van der Waals surface area contributed by atoms with Gasteiger partial charge in [0.2, 0.25) is 0 Å². The highest BCUT2D eigenvalue weighted by Crippen LogP contribution is 2.28. The molecular weight excluding hydrogens is 304 g/mol. The third kappa shape index (κ3) is 3.79. The van der Waals surface area contributed by atoms with E-state index in [1.54, 1.807) is 4.90 Å². The topological polar surface area (TPSA) is 70.5 Å². The van der Waals surface area contributed by atoms with Crippen LogP contribution in [0, 0.1) is 5.92 Å². The molecular formula is C19H20N2O3. The molecule has 0 bridgehead atoms. The molecule has 1 N–H and O–H groups in total. The highest BCUT2D eigenvalue weighted by molar-refractivity contribution is 5.95. The Labute approximate surface area is 140 Å². The zero-order chi connectivity index (χ0) is 16.9. The molecule has 1 aromatic heterocycles. The summed E-state index contributed by atoms with van der Waals surface area (Å²) in [6.45, 7) is 1.20. The molecule has 2 aromatic rings. The largest absolute Gasteiger partial charge is 0.478 e. The summed E-state index contributed by atoms with van der Waals surface area (Å²) in [7, 11) is 0. The molecule has 124 valence electrons. The molecule has 0 saturated heterocycles. The highest BCUT2D eigenvalue weighted by Gasteiger charge is 2.25. The Hall–Kier alpha value is -2.69. The van der Waals surface area contributed by atoms with Crippen LogP contribution in [0.4, 0.5) is 0 Å². The van der Waals surface area contributed by atoms with Crippen molar-refractivity contribution in [2.45, 2.75) is 25.8 Å². The molecule has 0 radical (unpaired) electrons. The molecule has 1 heterocycles. The molecule has 0 spiro atoms. The standard InChI is InChI=1S/C19H20N2O3/c22-18(17-11-16(19(23)24)9-10-20-17)21(13-15-7-4-8-15)12-14-5-2-1-3-6-14/h1-3,5-6,9-11,15H,4,7-8,12-13H2,(H,23,24). The van der Waals surface area contributed by atoms with E-state index in [9.17, 15) is 9.59 Å². The Balaban J connectivity index is 1.82. The number of hydrogen-bond donors (Lipinski definition) is 1. The molecule has 0 atom stereocenters. The number of carbonyl (C=O) groups is 2. The molecule has 1 saturated carbocycles. The number of pyridine rings is 1. The SMILES string of the molecule is O=C(O)c1ccnc(C(=O)N(Cc2ccccc2)CC2CCC2)c1. The number of benzene rings is 1. The number of carbonyl (C=O) groups excluding carboxylic acids is 1. The quantitative estimate of drug-likeness (QED) is 0.885. The Morgan fingerprint density at radius 2 is 1.92 bits per heavy atom. The molecule has 3 rings (SSSR count). The Kier molecular flexibility index (Phi) is 4.89. The van der Waals surface area contributed by atoms with Gasteiger partial charge in [-0.3, -0.25) is 9.78 Å². The van der Waals surface area contributed by atoms with Crippen molar-refractivity contribution in [1.29, 1.82) is 0 Å². The van der Waals surface area contributed by atoms with E-state index in [1.165, 1.54) is 24.8 Å². The van der Waals surface area contributed by atoms with Gasteiger partial charge in [0.05, 0.1) is 5.56 Å². The van der Waals surface area contributed by atoms with E-state index < -0.39 is 5.97 Å². The van der Waals surface area contributed by atoms with Crippen LogP contribution in [-0.4, -0.2) is 33.4 Å². The molecule has 0 aliphatic heterocycles. The second-order valence-electron chi connectivity index (χ2n) is 6.20. The number of nitrogens with zero attached hydrogens (tertiary/aromatic N) is 2. The van der Waals surface area contributed by atoms with Crippen molar-refractivity contribution in [3.63, 3.8) is 0 Å². The third-order valence-corrected chi connectivity index (χ3v) is 4.43. The fourth-order valence-corrected chi connectivity index (χ4v) is 2.85. The lowest BCUT2D eigenvalue weighted by atomic mass is 9.85. The minimum absolute atomic E-state index is 0.0802. The third-order valence-electron chi connectivity index (χ3n) is 4.43.